The van der Waals surface area contributed by atoms with Gasteiger partial charge in [-0.15, -0.1) is 23.7 Å². The Labute approximate surface area is 149 Å². The van der Waals surface area contributed by atoms with Gasteiger partial charge in [0.05, 0.1) is 0 Å². The molecule has 3 nitrogen and oxygen atoms in total. The smallest absolute Gasteiger partial charge is 0.220 e. The van der Waals surface area contributed by atoms with E-state index in [0.29, 0.717) is 18.9 Å². The summed E-state index contributed by atoms with van der Waals surface area (Å²) in [5, 5.41) is 6.59. The Kier molecular flexibility index (Phi) is 8.59. The summed E-state index contributed by atoms with van der Waals surface area (Å²) in [5.74, 6) is 0.668. The first-order valence-electron chi connectivity index (χ1n) is 8.04. The quantitative estimate of drug-likeness (QED) is 0.748. The van der Waals surface area contributed by atoms with E-state index in [1.54, 1.807) is 11.3 Å². The van der Waals surface area contributed by atoms with Crippen LogP contribution in [0.1, 0.15) is 38.7 Å². The molecule has 0 saturated heterocycles. The topological polar surface area (TPSA) is 55.1 Å². The Morgan fingerprint density at radius 1 is 1.30 bits per heavy atom. The highest BCUT2D eigenvalue weighted by Gasteiger charge is 2.12. The molecule has 0 fully saturated rings. The van der Waals surface area contributed by atoms with Crippen molar-refractivity contribution in [1.82, 2.24) is 5.32 Å². The fourth-order valence-electron chi connectivity index (χ4n) is 2.75. The molecule has 2 rings (SSSR count). The van der Waals surface area contributed by atoms with E-state index >= 15 is 0 Å². The number of carbonyl (C=O) groups excluding carboxylic acids is 1. The van der Waals surface area contributed by atoms with Crippen molar-refractivity contribution < 1.29 is 4.79 Å². The van der Waals surface area contributed by atoms with E-state index in [1.807, 2.05) is 0 Å². The molecule has 0 aliphatic carbocycles. The lowest BCUT2D eigenvalue weighted by atomic mass is 10.0. The van der Waals surface area contributed by atoms with Crippen molar-refractivity contribution >= 4 is 39.7 Å². The summed E-state index contributed by atoms with van der Waals surface area (Å²) in [7, 11) is 0. The second-order valence-electron chi connectivity index (χ2n) is 6.24. The van der Waals surface area contributed by atoms with Gasteiger partial charge >= 0.3 is 0 Å². The Hall–Kier alpha value is -1.10. The number of carbonyl (C=O) groups is 1. The third-order valence-corrected chi connectivity index (χ3v) is 4.83. The standard InChI is InChI=1S/C18H26N2OS.ClH/c1-13(2)10-15(11-19)20-18(21)9-5-6-14-12-22-17-8-4-3-7-16(14)17;/h3-4,7-8,12-13,15H,5-6,9-11,19H2,1-2H3,(H,20,21);1H. The monoisotopic (exact) mass is 354 g/mol. The summed E-state index contributed by atoms with van der Waals surface area (Å²) >= 11 is 1.78. The lowest BCUT2D eigenvalue weighted by Crippen LogP contribution is -2.40. The summed E-state index contributed by atoms with van der Waals surface area (Å²) in [6.07, 6.45) is 3.34. The Balaban J connectivity index is 0.00000264. The van der Waals surface area contributed by atoms with Crippen molar-refractivity contribution in [2.45, 2.75) is 45.6 Å². The zero-order valence-electron chi connectivity index (χ0n) is 13.9. The molecule has 0 radical (unpaired) electrons. The minimum Gasteiger partial charge on any atom is -0.352 e. The van der Waals surface area contributed by atoms with E-state index in [-0.39, 0.29) is 24.4 Å². The molecule has 0 saturated carbocycles. The lowest BCUT2D eigenvalue weighted by molar-refractivity contribution is -0.121. The summed E-state index contributed by atoms with van der Waals surface area (Å²) in [6.45, 7) is 4.81. The number of halogens is 1. The zero-order chi connectivity index (χ0) is 15.9. The number of rotatable bonds is 8. The maximum atomic E-state index is 12.0. The number of nitrogens with two attached hydrogens (primary N) is 1. The molecule has 1 unspecified atom stereocenters. The summed E-state index contributed by atoms with van der Waals surface area (Å²) in [6, 6.07) is 8.55. The van der Waals surface area contributed by atoms with Crippen molar-refractivity contribution in [3.8, 4) is 0 Å². The second-order valence-corrected chi connectivity index (χ2v) is 7.15. The van der Waals surface area contributed by atoms with E-state index in [0.717, 1.165) is 19.3 Å². The van der Waals surface area contributed by atoms with Gasteiger partial charge in [0.25, 0.3) is 0 Å². The SMILES string of the molecule is CC(C)CC(CN)NC(=O)CCCc1csc2ccccc12.Cl. The predicted octanol–water partition coefficient (Wildman–Crippen LogP) is 4.14. The van der Waals surface area contributed by atoms with Crippen molar-refractivity contribution in [1.29, 1.82) is 0 Å². The molecule has 2 aromatic rings. The van der Waals surface area contributed by atoms with Crippen molar-refractivity contribution in [2.24, 2.45) is 11.7 Å². The molecular formula is C18H27ClN2OS. The van der Waals surface area contributed by atoms with Gasteiger partial charge in [0, 0.05) is 23.7 Å². The van der Waals surface area contributed by atoms with Gasteiger partial charge in [-0.3, -0.25) is 4.79 Å². The first kappa shape index (κ1) is 19.9. The normalized spacial score (nSPS) is 12.2. The second kappa shape index (κ2) is 9.91. The number of thiophene rings is 1. The van der Waals surface area contributed by atoms with Crippen LogP contribution in [0.5, 0.6) is 0 Å². The highest BCUT2D eigenvalue weighted by atomic mass is 35.5. The van der Waals surface area contributed by atoms with Crippen LogP contribution in [-0.2, 0) is 11.2 Å². The van der Waals surface area contributed by atoms with E-state index in [4.69, 9.17) is 5.73 Å². The molecule has 5 heteroatoms. The van der Waals surface area contributed by atoms with Crippen LogP contribution >= 0.6 is 23.7 Å². The molecule has 1 aromatic carbocycles. The van der Waals surface area contributed by atoms with Crippen LogP contribution in [0.25, 0.3) is 10.1 Å². The average molecular weight is 355 g/mol. The van der Waals surface area contributed by atoms with Crippen LogP contribution in [0.4, 0.5) is 0 Å². The number of fused-ring (bicyclic) bond motifs is 1. The highest BCUT2D eigenvalue weighted by molar-refractivity contribution is 7.17. The zero-order valence-corrected chi connectivity index (χ0v) is 15.5. The molecule has 1 amide bonds. The number of hydrogen-bond acceptors (Lipinski definition) is 3. The van der Waals surface area contributed by atoms with Crippen LogP contribution in [-0.4, -0.2) is 18.5 Å². The van der Waals surface area contributed by atoms with Crippen LogP contribution < -0.4 is 11.1 Å². The Morgan fingerprint density at radius 3 is 2.74 bits per heavy atom. The molecule has 3 N–H and O–H groups in total. The van der Waals surface area contributed by atoms with Crippen LogP contribution in [0, 0.1) is 5.92 Å². The van der Waals surface area contributed by atoms with Gasteiger partial charge in [0.15, 0.2) is 0 Å². The van der Waals surface area contributed by atoms with Gasteiger partial charge in [-0.05, 0) is 47.6 Å². The van der Waals surface area contributed by atoms with Crippen molar-refractivity contribution in [2.75, 3.05) is 6.54 Å². The summed E-state index contributed by atoms with van der Waals surface area (Å²) in [5.41, 5.74) is 7.08. The first-order valence-corrected chi connectivity index (χ1v) is 8.92. The van der Waals surface area contributed by atoms with Gasteiger partial charge in [-0.1, -0.05) is 32.0 Å². The van der Waals surface area contributed by atoms with Gasteiger partial charge < -0.3 is 11.1 Å². The number of hydrogen-bond donors (Lipinski definition) is 2. The third kappa shape index (κ3) is 6.13. The van der Waals surface area contributed by atoms with Crippen LogP contribution in [0.3, 0.4) is 0 Å². The maximum Gasteiger partial charge on any atom is 0.220 e. The molecule has 0 aliphatic rings. The molecule has 0 aliphatic heterocycles. The van der Waals surface area contributed by atoms with Gasteiger partial charge in [0.1, 0.15) is 0 Å². The largest absolute Gasteiger partial charge is 0.352 e. The fraction of sp³-hybridized carbons (Fsp3) is 0.500. The average Bonchev–Trinajstić information content (AvgIpc) is 2.89. The molecular weight excluding hydrogens is 328 g/mol. The van der Waals surface area contributed by atoms with E-state index < -0.39 is 0 Å². The van der Waals surface area contributed by atoms with Crippen LogP contribution in [0.15, 0.2) is 29.6 Å². The molecule has 1 heterocycles. The first-order chi connectivity index (χ1) is 10.6. The van der Waals surface area contributed by atoms with Gasteiger partial charge in [0.2, 0.25) is 5.91 Å². The van der Waals surface area contributed by atoms with E-state index in [1.165, 1.54) is 15.6 Å². The minimum absolute atomic E-state index is 0. The Morgan fingerprint density at radius 2 is 2.04 bits per heavy atom. The number of benzene rings is 1. The maximum absolute atomic E-state index is 12.0. The molecule has 1 aromatic heterocycles. The van der Waals surface area contributed by atoms with E-state index in [2.05, 4.69) is 48.8 Å². The number of aryl methyl sites for hydroxylation is 1. The summed E-state index contributed by atoms with van der Waals surface area (Å²) < 4.78 is 1.32. The number of nitrogens with one attached hydrogen (secondary N) is 1. The van der Waals surface area contributed by atoms with E-state index in [9.17, 15) is 4.79 Å². The van der Waals surface area contributed by atoms with Crippen molar-refractivity contribution in [3.63, 3.8) is 0 Å². The lowest BCUT2D eigenvalue weighted by Gasteiger charge is -2.18. The highest BCUT2D eigenvalue weighted by Crippen LogP contribution is 2.26. The third-order valence-electron chi connectivity index (χ3n) is 3.82. The molecule has 0 spiro atoms. The Bertz CT molecular complexity index is 612. The molecule has 23 heavy (non-hydrogen) atoms. The van der Waals surface area contributed by atoms with Crippen molar-refractivity contribution in [3.05, 3.63) is 35.2 Å². The minimum atomic E-state index is 0. The number of amides is 1. The molecule has 1 atom stereocenters. The van der Waals surface area contributed by atoms with Gasteiger partial charge in [-0.25, -0.2) is 0 Å². The molecule has 0 bridgehead atoms. The fourth-order valence-corrected chi connectivity index (χ4v) is 3.75. The molecule has 128 valence electrons. The van der Waals surface area contributed by atoms with Gasteiger partial charge in [-0.2, -0.15) is 0 Å². The summed E-state index contributed by atoms with van der Waals surface area (Å²) in [4.78, 5) is 12.0. The van der Waals surface area contributed by atoms with Crippen LogP contribution in [0.2, 0.25) is 0 Å². The predicted molar refractivity (Wildman–Crippen MR) is 102 cm³/mol.